The van der Waals surface area contributed by atoms with Crippen molar-refractivity contribution in [2.75, 3.05) is 19.6 Å². The summed E-state index contributed by atoms with van der Waals surface area (Å²) in [7, 11) is 0. The zero-order chi connectivity index (χ0) is 13.1. The van der Waals surface area contributed by atoms with Crippen LogP contribution in [0.2, 0.25) is 0 Å². The Labute approximate surface area is 111 Å². The molecule has 1 unspecified atom stereocenters. The molecule has 0 aromatic rings. The lowest BCUT2D eigenvalue weighted by Crippen LogP contribution is -2.50. The summed E-state index contributed by atoms with van der Waals surface area (Å²) in [5, 5.41) is 10.2. The molecule has 0 amide bonds. The summed E-state index contributed by atoms with van der Waals surface area (Å²) in [5.41, 5.74) is -0.697. The van der Waals surface area contributed by atoms with E-state index in [4.69, 9.17) is 0 Å². The van der Waals surface area contributed by atoms with Crippen LogP contribution in [0.3, 0.4) is 0 Å². The van der Waals surface area contributed by atoms with E-state index in [1.807, 2.05) is 6.92 Å². The predicted molar refractivity (Wildman–Crippen MR) is 72.5 cm³/mol. The average molecular weight is 253 g/mol. The summed E-state index contributed by atoms with van der Waals surface area (Å²) in [6, 6.07) is 0. The predicted octanol–water partition coefficient (Wildman–Crippen LogP) is 2.37. The van der Waals surface area contributed by atoms with Gasteiger partial charge in [-0.1, -0.05) is 25.7 Å². The third kappa shape index (κ3) is 3.55. The lowest BCUT2D eigenvalue weighted by atomic mass is 9.80. The highest BCUT2D eigenvalue weighted by atomic mass is 16.3. The van der Waals surface area contributed by atoms with Crippen LogP contribution in [0.25, 0.3) is 0 Å². The van der Waals surface area contributed by atoms with Crippen LogP contribution in [0.4, 0.5) is 0 Å². The van der Waals surface area contributed by atoms with Crippen molar-refractivity contribution in [2.24, 2.45) is 5.41 Å². The van der Waals surface area contributed by atoms with E-state index in [-0.39, 0.29) is 5.41 Å². The van der Waals surface area contributed by atoms with E-state index in [9.17, 15) is 9.90 Å². The van der Waals surface area contributed by atoms with Crippen LogP contribution in [0.1, 0.15) is 58.3 Å². The van der Waals surface area contributed by atoms with Gasteiger partial charge in [0, 0.05) is 18.5 Å². The van der Waals surface area contributed by atoms with Crippen LogP contribution in [0, 0.1) is 5.41 Å². The number of carbonyl (C=O) groups excluding carboxylic acids is 1. The van der Waals surface area contributed by atoms with Crippen molar-refractivity contribution in [3.63, 3.8) is 0 Å². The van der Waals surface area contributed by atoms with Gasteiger partial charge in [0.1, 0.15) is 6.29 Å². The molecule has 3 nitrogen and oxygen atoms in total. The van der Waals surface area contributed by atoms with Crippen molar-refractivity contribution in [3.8, 4) is 0 Å². The molecule has 1 aliphatic carbocycles. The number of likely N-dealkylation sites (tertiary alicyclic amines) is 1. The number of aldehydes is 1. The van der Waals surface area contributed by atoms with Gasteiger partial charge in [-0.15, -0.1) is 0 Å². The second-order valence-electron chi connectivity index (χ2n) is 6.71. The molecule has 2 rings (SSSR count). The van der Waals surface area contributed by atoms with Gasteiger partial charge >= 0.3 is 0 Å². The van der Waals surface area contributed by atoms with Gasteiger partial charge in [-0.3, -0.25) is 4.90 Å². The summed E-state index contributed by atoms with van der Waals surface area (Å²) >= 11 is 0. The molecular weight excluding hydrogens is 226 g/mol. The number of hydrogen-bond donors (Lipinski definition) is 1. The minimum absolute atomic E-state index is 0.135. The third-order valence-electron chi connectivity index (χ3n) is 4.64. The Balaban J connectivity index is 1.98. The topological polar surface area (TPSA) is 40.5 Å². The zero-order valence-electron chi connectivity index (χ0n) is 11.7. The molecule has 0 radical (unpaired) electrons. The largest absolute Gasteiger partial charge is 0.389 e. The summed E-state index contributed by atoms with van der Waals surface area (Å²) in [5.74, 6) is 0. The van der Waals surface area contributed by atoms with Crippen molar-refractivity contribution in [1.82, 2.24) is 4.90 Å². The number of carbonyl (C=O) groups is 1. The minimum atomic E-state index is -0.562. The van der Waals surface area contributed by atoms with Gasteiger partial charge in [0.15, 0.2) is 0 Å². The van der Waals surface area contributed by atoms with Crippen LogP contribution < -0.4 is 0 Å². The van der Waals surface area contributed by atoms with E-state index in [0.29, 0.717) is 0 Å². The van der Waals surface area contributed by atoms with Crippen LogP contribution in [-0.4, -0.2) is 41.5 Å². The van der Waals surface area contributed by atoms with Gasteiger partial charge in [-0.25, -0.2) is 0 Å². The first kappa shape index (κ1) is 14.0. The number of rotatable bonds is 3. The molecule has 1 atom stereocenters. The standard InChI is InChI=1S/C15H27NO2/c1-14(18)7-6-10-16(11-14)12-15(13-17)8-4-2-3-5-9-15/h13,18H,2-12H2,1H3. The number of nitrogens with zero attached hydrogens (tertiary/aromatic N) is 1. The van der Waals surface area contributed by atoms with E-state index in [1.165, 1.54) is 32.0 Å². The van der Waals surface area contributed by atoms with Gasteiger partial charge in [0.05, 0.1) is 5.60 Å². The van der Waals surface area contributed by atoms with Crippen molar-refractivity contribution in [3.05, 3.63) is 0 Å². The number of hydrogen-bond acceptors (Lipinski definition) is 3. The first-order valence-corrected chi connectivity index (χ1v) is 7.46. The highest BCUT2D eigenvalue weighted by molar-refractivity contribution is 5.59. The SMILES string of the molecule is CC1(O)CCCN(CC2(C=O)CCCCCC2)C1. The molecule has 18 heavy (non-hydrogen) atoms. The van der Waals surface area contributed by atoms with Crippen molar-refractivity contribution < 1.29 is 9.90 Å². The molecule has 1 aliphatic heterocycles. The summed E-state index contributed by atoms with van der Waals surface area (Å²) in [6.45, 7) is 4.53. The fraction of sp³-hybridized carbons (Fsp3) is 0.933. The Morgan fingerprint density at radius 2 is 1.78 bits per heavy atom. The van der Waals surface area contributed by atoms with E-state index in [2.05, 4.69) is 4.90 Å². The fourth-order valence-electron chi connectivity index (χ4n) is 3.65. The van der Waals surface area contributed by atoms with E-state index in [1.54, 1.807) is 0 Å². The Hall–Kier alpha value is -0.410. The van der Waals surface area contributed by atoms with Crippen LogP contribution >= 0.6 is 0 Å². The summed E-state index contributed by atoms with van der Waals surface area (Å²) < 4.78 is 0. The molecule has 0 aromatic heterocycles. The van der Waals surface area contributed by atoms with E-state index in [0.717, 1.165) is 45.3 Å². The maximum atomic E-state index is 11.6. The molecule has 1 saturated heterocycles. The highest BCUT2D eigenvalue weighted by Gasteiger charge is 2.36. The summed E-state index contributed by atoms with van der Waals surface area (Å²) in [6.07, 6.45) is 10.1. The normalized spacial score (nSPS) is 33.9. The molecule has 104 valence electrons. The fourth-order valence-corrected chi connectivity index (χ4v) is 3.65. The van der Waals surface area contributed by atoms with Gasteiger partial charge in [-0.05, 0) is 39.2 Å². The lowest BCUT2D eigenvalue weighted by molar-refractivity contribution is -0.119. The average Bonchev–Trinajstić information content (AvgIpc) is 2.54. The van der Waals surface area contributed by atoms with Crippen molar-refractivity contribution in [2.45, 2.75) is 63.9 Å². The molecule has 0 spiro atoms. The first-order chi connectivity index (χ1) is 8.55. The molecular formula is C15H27NO2. The zero-order valence-corrected chi connectivity index (χ0v) is 11.7. The smallest absolute Gasteiger partial charge is 0.127 e. The maximum absolute atomic E-state index is 11.6. The third-order valence-corrected chi connectivity index (χ3v) is 4.64. The van der Waals surface area contributed by atoms with Gasteiger partial charge in [0.25, 0.3) is 0 Å². The highest BCUT2D eigenvalue weighted by Crippen LogP contribution is 2.35. The van der Waals surface area contributed by atoms with Crippen LogP contribution in [-0.2, 0) is 4.79 Å². The monoisotopic (exact) mass is 253 g/mol. The Morgan fingerprint density at radius 1 is 1.11 bits per heavy atom. The molecule has 3 heteroatoms. The molecule has 0 aromatic carbocycles. The molecule has 1 saturated carbocycles. The van der Waals surface area contributed by atoms with Gasteiger partial charge < -0.3 is 9.90 Å². The van der Waals surface area contributed by atoms with Gasteiger partial charge in [-0.2, -0.15) is 0 Å². The minimum Gasteiger partial charge on any atom is -0.389 e. The van der Waals surface area contributed by atoms with E-state index < -0.39 is 5.60 Å². The number of aliphatic hydroxyl groups is 1. The lowest BCUT2D eigenvalue weighted by Gasteiger charge is -2.41. The molecule has 1 heterocycles. The van der Waals surface area contributed by atoms with Crippen LogP contribution in [0.5, 0.6) is 0 Å². The quantitative estimate of drug-likeness (QED) is 0.620. The van der Waals surface area contributed by atoms with Crippen LogP contribution in [0.15, 0.2) is 0 Å². The van der Waals surface area contributed by atoms with Crippen molar-refractivity contribution >= 4 is 6.29 Å². The Bertz CT molecular complexity index is 280. The number of β-amino-alcohol motifs (C(OH)–C–C–N with tert-alkyl or cyclic N) is 1. The first-order valence-electron chi connectivity index (χ1n) is 7.46. The maximum Gasteiger partial charge on any atom is 0.127 e. The number of piperidine rings is 1. The molecule has 1 N–H and O–H groups in total. The summed E-state index contributed by atoms with van der Waals surface area (Å²) in [4.78, 5) is 13.9. The Kier molecular flexibility index (Phi) is 4.44. The second-order valence-corrected chi connectivity index (χ2v) is 6.71. The molecule has 0 bridgehead atoms. The van der Waals surface area contributed by atoms with E-state index >= 15 is 0 Å². The Morgan fingerprint density at radius 3 is 2.33 bits per heavy atom. The van der Waals surface area contributed by atoms with Crippen molar-refractivity contribution in [1.29, 1.82) is 0 Å². The molecule has 2 fully saturated rings. The molecule has 2 aliphatic rings. The van der Waals surface area contributed by atoms with Gasteiger partial charge in [0.2, 0.25) is 0 Å². The second kappa shape index (κ2) is 5.70.